The molecule has 2 aliphatic rings. The van der Waals surface area contributed by atoms with Crippen LogP contribution in [-0.2, 0) is 16.0 Å². The molecule has 0 bridgehead atoms. The molecule has 3 atom stereocenters. The summed E-state index contributed by atoms with van der Waals surface area (Å²) in [5, 5.41) is 2.86. The number of nitrogens with zero attached hydrogens (tertiary/aromatic N) is 2. The van der Waals surface area contributed by atoms with E-state index in [4.69, 9.17) is 9.47 Å². The molecule has 3 unspecified atom stereocenters. The van der Waals surface area contributed by atoms with Gasteiger partial charge in [-0.15, -0.1) is 0 Å². The first-order chi connectivity index (χ1) is 12.4. The smallest absolute Gasteiger partial charge is 0.317 e. The molecule has 0 aliphatic carbocycles. The highest BCUT2D eigenvalue weighted by Gasteiger charge is 2.24. The van der Waals surface area contributed by atoms with E-state index in [9.17, 15) is 9.18 Å². The van der Waals surface area contributed by atoms with Crippen molar-refractivity contribution >= 4 is 11.7 Å². The summed E-state index contributed by atoms with van der Waals surface area (Å²) in [4.78, 5) is 16.0. The molecular weight excluding hydrogens is 337 g/mol. The van der Waals surface area contributed by atoms with Crippen molar-refractivity contribution in [2.45, 2.75) is 45.6 Å². The van der Waals surface area contributed by atoms with Crippen LogP contribution in [0.2, 0.25) is 0 Å². The lowest BCUT2D eigenvalue weighted by Crippen LogP contribution is -2.48. The van der Waals surface area contributed by atoms with E-state index >= 15 is 0 Å². The lowest BCUT2D eigenvalue weighted by molar-refractivity contribution is -0.00539. The van der Waals surface area contributed by atoms with Gasteiger partial charge in [-0.1, -0.05) is 6.07 Å². The van der Waals surface area contributed by atoms with Crippen molar-refractivity contribution in [3.63, 3.8) is 0 Å². The summed E-state index contributed by atoms with van der Waals surface area (Å²) in [5.74, 6) is -0.266. The molecule has 2 aliphatic heterocycles. The SMILES string of the molecule is CC1CN(C(=O)NCc2ccc(N3CC(C)OC(C)C3)c(F)c2)CCO1. The van der Waals surface area contributed by atoms with E-state index in [2.05, 4.69) is 5.32 Å². The fraction of sp³-hybridized carbons (Fsp3) is 0.632. The number of amides is 2. The first kappa shape index (κ1) is 18.9. The highest BCUT2D eigenvalue weighted by Crippen LogP contribution is 2.24. The third-order valence-electron chi connectivity index (χ3n) is 4.74. The standard InChI is InChI=1S/C19H28FN3O3/c1-13-10-22(6-7-25-13)19(24)21-9-16-4-5-18(17(20)8-16)23-11-14(2)26-15(3)12-23/h4-5,8,13-15H,6-7,9-12H2,1-3H3,(H,21,24). The number of rotatable bonds is 3. The van der Waals surface area contributed by atoms with Gasteiger partial charge in [0.2, 0.25) is 0 Å². The van der Waals surface area contributed by atoms with Gasteiger partial charge in [-0.05, 0) is 38.5 Å². The molecule has 144 valence electrons. The molecule has 1 aromatic rings. The Bertz CT molecular complexity index is 632. The molecule has 3 rings (SSSR count). The number of benzene rings is 1. The summed E-state index contributed by atoms with van der Waals surface area (Å²) >= 11 is 0. The molecule has 1 N–H and O–H groups in total. The third-order valence-corrected chi connectivity index (χ3v) is 4.74. The first-order valence-electron chi connectivity index (χ1n) is 9.25. The minimum Gasteiger partial charge on any atom is -0.375 e. The Morgan fingerprint density at radius 1 is 1.19 bits per heavy atom. The average Bonchev–Trinajstić information content (AvgIpc) is 2.59. The Morgan fingerprint density at radius 2 is 1.92 bits per heavy atom. The fourth-order valence-electron chi connectivity index (χ4n) is 3.58. The number of nitrogens with one attached hydrogen (secondary N) is 1. The van der Waals surface area contributed by atoms with Crippen molar-refractivity contribution in [2.75, 3.05) is 37.7 Å². The Kier molecular flexibility index (Phi) is 5.98. The van der Waals surface area contributed by atoms with Crippen molar-refractivity contribution in [2.24, 2.45) is 0 Å². The van der Waals surface area contributed by atoms with Gasteiger partial charge in [-0.3, -0.25) is 0 Å². The predicted octanol–water partition coefficient (Wildman–Crippen LogP) is 2.37. The van der Waals surface area contributed by atoms with E-state index in [-0.39, 0.29) is 30.2 Å². The zero-order chi connectivity index (χ0) is 18.7. The quantitative estimate of drug-likeness (QED) is 0.894. The molecule has 0 saturated carbocycles. The normalized spacial score (nSPS) is 26.7. The molecule has 2 heterocycles. The van der Waals surface area contributed by atoms with E-state index in [1.54, 1.807) is 11.0 Å². The molecule has 1 aromatic carbocycles. The topological polar surface area (TPSA) is 54.0 Å². The van der Waals surface area contributed by atoms with Gasteiger partial charge in [-0.25, -0.2) is 9.18 Å². The number of urea groups is 1. The number of anilines is 1. The number of carbonyl (C=O) groups is 1. The molecule has 0 radical (unpaired) electrons. The summed E-state index contributed by atoms with van der Waals surface area (Å²) in [5.41, 5.74) is 1.33. The van der Waals surface area contributed by atoms with Crippen LogP contribution in [0.25, 0.3) is 0 Å². The van der Waals surface area contributed by atoms with E-state index in [1.165, 1.54) is 6.07 Å². The molecule has 2 saturated heterocycles. The minimum absolute atomic E-state index is 0.0459. The number of halogens is 1. The van der Waals surface area contributed by atoms with Gasteiger partial charge in [-0.2, -0.15) is 0 Å². The molecule has 2 fully saturated rings. The average molecular weight is 365 g/mol. The number of ether oxygens (including phenoxy) is 2. The lowest BCUT2D eigenvalue weighted by Gasteiger charge is -2.37. The van der Waals surface area contributed by atoms with Gasteiger partial charge >= 0.3 is 6.03 Å². The van der Waals surface area contributed by atoms with Crippen LogP contribution in [0.4, 0.5) is 14.9 Å². The van der Waals surface area contributed by atoms with E-state index < -0.39 is 0 Å². The third kappa shape index (κ3) is 4.65. The Hall–Kier alpha value is -1.86. The summed E-state index contributed by atoms with van der Waals surface area (Å²) in [6, 6.07) is 5.02. The van der Waals surface area contributed by atoms with Crippen LogP contribution < -0.4 is 10.2 Å². The maximum Gasteiger partial charge on any atom is 0.317 e. The summed E-state index contributed by atoms with van der Waals surface area (Å²) in [6.07, 6.45) is 0.200. The van der Waals surface area contributed by atoms with Crippen LogP contribution in [0, 0.1) is 5.82 Å². The van der Waals surface area contributed by atoms with Crippen LogP contribution in [0.5, 0.6) is 0 Å². The lowest BCUT2D eigenvalue weighted by atomic mass is 10.1. The van der Waals surface area contributed by atoms with E-state index in [0.717, 1.165) is 5.56 Å². The monoisotopic (exact) mass is 365 g/mol. The highest BCUT2D eigenvalue weighted by molar-refractivity contribution is 5.74. The Morgan fingerprint density at radius 3 is 2.58 bits per heavy atom. The van der Waals surface area contributed by atoms with Crippen molar-refractivity contribution < 1.29 is 18.7 Å². The highest BCUT2D eigenvalue weighted by atomic mass is 19.1. The van der Waals surface area contributed by atoms with Crippen LogP contribution in [-0.4, -0.2) is 62.0 Å². The Balaban J connectivity index is 1.58. The maximum atomic E-state index is 14.6. The van der Waals surface area contributed by atoms with E-state index in [0.29, 0.717) is 45.0 Å². The first-order valence-corrected chi connectivity index (χ1v) is 9.25. The molecule has 0 spiro atoms. The number of morpholine rings is 2. The summed E-state index contributed by atoms with van der Waals surface area (Å²) in [6.45, 7) is 9.29. The predicted molar refractivity (Wildman–Crippen MR) is 97.8 cm³/mol. The largest absolute Gasteiger partial charge is 0.375 e. The molecule has 2 amide bonds. The molecule has 26 heavy (non-hydrogen) atoms. The van der Waals surface area contributed by atoms with E-state index in [1.807, 2.05) is 31.7 Å². The molecule has 7 heteroatoms. The van der Waals surface area contributed by atoms with Crippen LogP contribution in [0.15, 0.2) is 18.2 Å². The van der Waals surface area contributed by atoms with Gasteiger partial charge in [0, 0.05) is 32.7 Å². The molecule has 6 nitrogen and oxygen atoms in total. The van der Waals surface area contributed by atoms with Gasteiger partial charge < -0.3 is 24.6 Å². The van der Waals surface area contributed by atoms with Gasteiger partial charge in [0.1, 0.15) is 5.82 Å². The van der Waals surface area contributed by atoms with Crippen molar-refractivity contribution in [1.82, 2.24) is 10.2 Å². The second kappa shape index (κ2) is 8.22. The summed E-state index contributed by atoms with van der Waals surface area (Å²) < 4.78 is 25.7. The zero-order valence-electron chi connectivity index (χ0n) is 15.7. The maximum absolute atomic E-state index is 14.6. The number of hydrogen-bond acceptors (Lipinski definition) is 4. The van der Waals surface area contributed by atoms with Crippen LogP contribution in [0.3, 0.4) is 0 Å². The second-order valence-corrected chi connectivity index (χ2v) is 7.23. The zero-order valence-corrected chi connectivity index (χ0v) is 15.7. The van der Waals surface area contributed by atoms with Gasteiger partial charge in [0.05, 0.1) is 30.6 Å². The van der Waals surface area contributed by atoms with Gasteiger partial charge in [0.15, 0.2) is 0 Å². The van der Waals surface area contributed by atoms with Crippen molar-refractivity contribution in [1.29, 1.82) is 0 Å². The van der Waals surface area contributed by atoms with Crippen LogP contribution >= 0.6 is 0 Å². The number of carbonyl (C=O) groups excluding carboxylic acids is 1. The Labute approximate surface area is 154 Å². The van der Waals surface area contributed by atoms with Gasteiger partial charge in [0.25, 0.3) is 0 Å². The molecule has 0 aromatic heterocycles. The fourth-order valence-corrected chi connectivity index (χ4v) is 3.58. The number of hydrogen-bond donors (Lipinski definition) is 1. The second-order valence-electron chi connectivity index (χ2n) is 7.23. The van der Waals surface area contributed by atoms with Crippen LogP contribution in [0.1, 0.15) is 26.3 Å². The minimum atomic E-state index is -0.266. The molecular formula is C19H28FN3O3. The van der Waals surface area contributed by atoms with Crippen molar-refractivity contribution in [3.05, 3.63) is 29.6 Å². The van der Waals surface area contributed by atoms with Crippen molar-refractivity contribution in [3.8, 4) is 0 Å². The summed E-state index contributed by atoms with van der Waals surface area (Å²) in [7, 11) is 0.